The number of unbranched alkanes of at least 4 members (excludes halogenated alkanes) is 3. The van der Waals surface area contributed by atoms with E-state index in [2.05, 4.69) is 16.0 Å². The van der Waals surface area contributed by atoms with Gasteiger partial charge in [0.1, 0.15) is 0 Å². The van der Waals surface area contributed by atoms with Gasteiger partial charge in [0.05, 0.1) is 11.5 Å². The van der Waals surface area contributed by atoms with Crippen LogP contribution >= 0.6 is 0 Å². The summed E-state index contributed by atoms with van der Waals surface area (Å²) in [7, 11) is -2.95. The predicted octanol–water partition coefficient (Wildman–Crippen LogP) is -0.221. The number of rotatable bonds is 9. The van der Waals surface area contributed by atoms with Crippen LogP contribution in [0.5, 0.6) is 0 Å². The van der Waals surface area contributed by atoms with Crippen LogP contribution in [0.2, 0.25) is 0 Å². The van der Waals surface area contributed by atoms with Crippen molar-refractivity contribution in [3.05, 3.63) is 0 Å². The van der Waals surface area contributed by atoms with Gasteiger partial charge in [-0.2, -0.15) is 0 Å². The number of carbonyl (C=O) groups is 2. The Morgan fingerprint density at radius 3 is 2.45 bits per heavy atom. The molecule has 3 N–H and O–H groups in total. The lowest BCUT2D eigenvalue weighted by Crippen LogP contribution is -2.42. The van der Waals surface area contributed by atoms with Crippen molar-refractivity contribution in [3.8, 4) is 0 Å². The molecular weight excluding hydrogens is 282 g/mol. The molecule has 0 aromatic heterocycles. The average molecular weight is 305 g/mol. The van der Waals surface area contributed by atoms with Gasteiger partial charge in [0.2, 0.25) is 6.41 Å². The Hall–Kier alpha value is -1.31. The zero-order valence-corrected chi connectivity index (χ0v) is 12.4. The maximum Gasteiger partial charge on any atom is 0.315 e. The molecule has 1 fully saturated rings. The van der Waals surface area contributed by atoms with E-state index in [0.717, 1.165) is 25.7 Å². The number of sulfone groups is 1. The quantitative estimate of drug-likeness (QED) is 0.404. The fraction of sp³-hybridized carbons (Fsp3) is 0.833. The van der Waals surface area contributed by atoms with Crippen LogP contribution in [-0.2, 0) is 14.6 Å². The molecule has 1 aliphatic rings. The molecule has 0 aromatic rings. The fourth-order valence-electron chi connectivity index (χ4n) is 2.11. The molecule has 1 heterocycles. The maximum atomic E-state index is 11.5. The van der Waals surface area contributed by atoms with Gasteiger partial charge in [-0.3, -0.25) is 4.79 Å². The highest BCUT2D eigenvalue weighted by molar-refractivity contribution is 7.91. The van der Waals surface area contributed by atoms with E-state index >= 15 is 0 Å². The molecule has 20 heavy (non-hydrogen) atoms. The summed E-state index contributed by atoms with van der Waals surface area (Å²) in [5.74, 6) is 0.205. The summed E-state index contributed by atoms with van der Waals surface area (Å²) >= 11 is 0. The zero-order valence-electron chi connectivity index (χ0n) is 11.6. The summed E-state index contributed by atoms with van der Waals surface area (Å²) in [6.45, 7) is 1.26. The average Bonchev–Trinajstić information content (AvgIpc) is 2.72. The summed E-state index contributed by atoms with van der Waals surface area (Å²) in [5, 5.41) is 7.99. The minimum Gasteiger partial charge on any atom is -0.359 e. The van der Waals surface area contributed by atoms with Crippen LogP contribution in [0.4, 0.5) is 4.79 Å². The Kier molecular flexibility index (Phi) is 7.35. The predicted molar refractivity (Wildman–Crippen MR) is 76.1 cm³/mol. The first kappa shape index (κ1) is 16.7. The number of amides is 3. The smallest absolute Gasteiger partial charge is 0.315 e. The largest absolute Gasteiger partial charge is 0.359 e. The number of nitrogens with one attached hydrogen (secondary N) is 3. The Bertz CT molecular complexity index is 411. The molecule has 0 spiro atoms. The number of hydrogen-bond donors (Lipinski definition) is 3. The molecule has 116 valence electrons. The van der Waals surface area contributed by atoms with Gasteiger partial charge in [-0.1, -0.05) is 12.8 Å². The third-order valence-corrected chi connectivity index (χ3v) is 4.95. The van der Waals surface area contributed by atoms with E-state index in [-0.39, 0.29) is 23.6 Å². The monoisotopic (exact) mass is 305 g/mol. The van der Waals surface area contributed by atoms with Crippen LogP contribution in [0, 0.1) is 0 Å². The van der Waals surface area contributed by atoms with Crippen molar-refractivity contribution in [2.75, 3.05) is 24.6 Å². The molecule has 1 rings (SSSR count). The maximum absolute atomic E-state index is 11.5. The Morgan fingerprint density at radius 2 is 1.85 bits per heavy atom. The minimum atomic E-state index is -2.95. The summed E-state index contributed by atoms with van der Waals surface area (Å²) in [5.41, 5.74) is 0. The van der Waals surface area contributed by atoms with Gasteiger partial charge in [-0.15, -0.1) is 0 Å². The van der Waals surface area contributed by atoms with E-state index in [9.17, 15) is 18.0 Å². The standard InChI is InChI=1S/C12H23N3O4S/c16-10-13-6-3-1-2-4-7-14-12(17)15-11-5-8-20(18,19)9-11/h10-11H,1-9H2,(H,13,16)(H2,14,15,17). The van der Waals surface area contributed by atoms with Gasteiger partial charge in [-0.05, 0) is 19.3 Å². The van der Waals surface area contributed by atoms with Crippen molar-refractivity contribution in [3.63, 3.8) is 0 Å². The van der Waals surface area contributed by atoms with Crippen molar-refractivity contribution < 1.29 is 18.0 Å². The van der Waals surface area contributed by atoms with Crippen LogP contribution in [0.1, 0.15) is 32.1 Å². The fourth-order valence-corrected chi connectivity index (χ4v) is 3.79. The van der Waals surface area contributed by atoms with Crippen LogP contribution in [-0.4, -0.2) is 51.5 Å². The Balaban J connectivity index is 1.97. The van der Waals surface area contributed by atoms with Gasteiger partial charge in [-0.25, -0.2) is 13.2 Å². The molecule has 1 aliphatic heterocycles. The SMILES string of the molecule is O=CNCCCCCCNC(=O)NC1CCS(=O)(=O)C1. The molecule has 0 bridgehead atoms. The molecule has 7 nitrogen and oxygen atoms in total. The highest BCUT2D eigenvalue weighted by Gasteiger charge is 2.28. The highest BCUT2D eigenvalue weighted by atomic mass is 32.2. The lowest BCUT2D eigenvalue weighted by molar-refractivity contribution is -0.109. The molecule has 0 aromatic carbocycles. The molecule has 0 saturated carbocycles. The van der Waals surface area contributed by atoms with E-state index in [4.69, 9.17) is 0 Å². The first-order valence-corrected chi connectivity index (χ1v) is 8.77. The van der Waals surface area contributed by atoms with Gasteiger partial charge in [0.15, 0.2) is 9.84 Å². The van der Waals surface area contributed by atoms with Crippen molar-refractivity contribution in [1.82, 2.24) is 16.0 Å². The van der Waals surface area contributed by atoms with E-state index in [1.54, 1.807) is 0 Å². The summed E-state index contributed by atoms with van der Waals surface area (Å²) in [4.78, 5) is 21.5. The molecular formula is C12H23N3O4S. The number of carbonyl (C=O) groups excluding carboxylic acids is 2. The van der Waals surface area contributed by atoms with Crippen LogP contribution in [0.3, 0.4) is 0 Å². The summed E-state index contributed by atoms with van der Waals surface area (Å²) < 4.78 is 22.5. The third-order valence-electron chi connectivity index (χ3n) is 3.18. The molecule has 1 unspecified atom stereocenters. The highest BCUT2D eigenvalue weighted by Crippen LogP contribution is 2.10. The second-order valence-corrected chi connectivity index (χ2v) is 7.22. The first-order valence-electron chi connectivity index (χ1n) is 6.95. The second kappa shape index (κ2) is 8.78. The lowest BCUT2D eigenvalue weighted by Gasteiger charge is -2.11. The van der Waals surface area contributed by atoms with Crippen molar-refractivity contribution in [1.29, 1.82) is 0 Å². The molecule has 0 aliphatic carbocycles. The van der Waals surface area contributed by atoms with Crippen molar-refractivity contribution >= 4 is 22.3 Å². The molecule has 0 radical (unpaired) electrons. The van der Waals surface area contributed by atoms with Gasteiger partial charge < -0.3 is 16.0 Å². The Morgan fingerprint density at radius 1 is 1.15 bits per heavy atom. The lowest BCUT2D eigenvalue weighted by atomic mass is 10.2. The van der Waals surface area contributed by atoms with Crippen LogP contribution in [0.15, 0.2) is 0 Å². The zero-order chi connectivity index (χ0) is 14.8. The molecule has 1 atom stereocenters. The normalized spacial score (nSPS) is 20.3. The van der Waals surface area contributed by atoms with Gasteiger partial charge in [0.25, 0.3) is 0 Å². The third kappa shape index (κ3) is 7.32. The van der Waals surface area contributed by atoms with Gasteiger partial charge >= 0.3 is 6.03 Å². The molecule has 3 amide bonds. The van der Waals surface area contributed by atoms with E-state index in [1.807, 2.05) is 0 Å². The Labute approximate surface area is 119 Å². The molecule has 8 heteroatoms. The van der Waals surface area contributed by atoms with Crippen molar-refractivity contribution in [2.24, 2.45) is 0 Å². The molecule has 1 saturated heterocycles. The number of hydrogen-bond acceptors (Lipinski definition) is 4. The van der Waals surface area contributed by atoms with E-state index in [0.29, 0.717) is 25.9 Å². The van der Waals surface area contributed by atoms with Gasteiger partial charge in [0, 0.05) is 19.1 Å². The minimum absolute atomic E-state index is 0.0458. The first-order chi connectivity index (χ1) is 9.53. The van der Waals surface area contributed by atoms with Crippen molar-refractivity contribution in [2.45, 2.75) is 38.1 Å². The van der Waals surface area contributed by atoms with E-state index < -0.39 is 9.84 Å². The second-order valence-electron chi connectivity index (χ2n) is 4.99. The van der Waals surface area contributed by atoms with Crippen LogP contribution < -0.4 is 16.0 Å². The van der Waals surface area contributed by atoms with E-state index in [1.165, 1.54) is 0 Å². The topological polar surface area (TPSA) is 104 Å². The summed E-state index contributed by atoms with van der Waals surface area (Å²) in [6, 6.07) is -0.552. The summed E-state index contributed by atoms with van der Waals surface area (Å²) in [6.07, 6.45) is 4.99. The van der Waals surface area contributed by atoms with Crippen LogP contribution in [0.25, 0.3) is 0 Å². The number of urea groups is 1.